The Labute approximate surface area is 116 Å². The molecule has 1 saturated heterocycles. The van der Waals surface area contributed by atoms with Gasteiger partial charge in [0.2, 0.25) is 5.91 Å². The largest absolute Gasteiger partial charge is 0.448 e. The molecule has 1 aromatic rings. The van der Waals surface area contributed by atoms with Gasteiger partial charge < -0.3 is 9.64 Å². The van der Waals surface area contributed by atoms with E-state index >= 15 is 0 Å². The minimum atomic E-state index is -0.403. The summed E-state index contributed by atoms with van der Waals surface area (Å²) >= 11 is 1.60. The first-order valence-corrected chi connectivity index (χ1v) is 7.00. The van der Waals surface area contributed by atoms with Gasteiger partial charge in [-0.25, -0.2) is 9.78 Å². The van der Waals surface area contributed by atoms with E-state index in [0.29, 0.717) is 19.7 Å². The average molecular weight is 283 g/mol. The van der Waals surface area contributed by atoms with Gasteiger partial charge in [-0.3, -0.25) is 9.69 Å². The SMILES string of the molecule is Cc1ncsc1CCN(C)C(=O)CN1CCOC1=O. The number of thiazole rings is 1. The number of ether oxygens (including phenoxy) is 1. The topological polar surface area (TPSA) is 62.7 Å². The van der Waals surface area contributed by atoms with Gasteiger partial charge >= 0.3 is 6.09 Å². The lowest BCUT2D eigenvalue weighted by atomic mass is 10.3. The summed E-state index contributed by atoms with van der Waals surface area (Å²) in [5.74, 6) is -0.0685. The van der Waals surface area contributed by atoms with Crippen molar-refractivity contribution in [1.29, 1.82) is 0 Å². The summed E-state index contributed by atoms with van der Waals surface area (Å²) in [5, 5.41) is 0. The van der Waals surface area contributed by atoms with E-state index in [0.717, 1.165) is 12.1 Å². The van der Waals surface area contributed by atoms with Crippen molar-refractivity contribution in [1.82, 2.24) is 14.8 Å². The molecule has 2 amide bonds. The number of aryl methyl sites for hydroxylation is 1. The van der Waals surface area contributed by atoms with Crippen LogP contribution in [0.5, 0.6) is 0 Å². The first kappa shape index (κ1) is 13.8. The van der Waals surface area contributed by atoms with Gasteiger partial charge in [-0.2, -0.15) is 0 Å². The van der Waals surface area contributed by atoms with Crippen molar-refractivity contribution in [2.75, 3.05) is 33.3 Å². The molecule has 0 unspecified atom stereocenters. The summed E-state index contributed by atoms with van der Waals surface area (Å²) in [5.41, 5.74) is 2.83. The molecule has 104 valence electrons. The highest BCUT2D eigenvalue weighted by atomic mass is 32.1. The van der Waals surface area contributed by atoms with Gasteiger partial charge in [0.25, 0.3) is 0 Å². The molecule has 6 nitrogen and oxygen atoms in total. The number of hydrogen-bond donors (Lipinski definition) is 0. The van der Waals surface area contributed by atoms with E-state index in [-0.39, 0.29) is 12.5 Å². The lowest BCUT2D eigenvalue weighted by molar-refractivity contribution is -0.130. The first-order valence-electron chi connectivity index (χ1n) is 6.12. The normalized spacial score (nSPS) is 14.6. The fourth-order valence-corrected chi connectivity index (χ4v) is 2.58. The molecule has 2 rings (SSSR count). The predicted octanol–water partition coefficient (Wildman–Crippen LogP) is 0.905. The third kappa shape index (κ3) is 3.44. The van der Waals surface area contributed by atoms with Crippen molar-refractivity contribution >= 4 is 23.3 Å². The van der Waals surface area contributed by atoms with Crippen LogP contribution in [0, 0.1) is 6.92 Å². The molecule has 0 N–H and O–H groups in total. The molecule has 0 spiro atoms. The molecule has 1 fully saturated rings. The fourth-order valence-electron chi connectivity index (χ4n) is 1.81. The monoisotopic (exact) mass is 283 g/mol. The standard InChI is InChI=1S/C12H17N3O3S/c1-9-10(19-8-13-9)3-4-14(2)11(16)7-15-5-6-18-12(15)17/h8H,3-7H2,1-2H3. The zero-order chi connectivity index (χ0) is 13.8. The summed E-state index contributed by atoms with van der Waals surface area (Å²) in [6, 6.07) is 0. The fraction of sp³-hybridized carbons (Fsp3) is 0.583. The number of rotatable bonds is 5. The molecule has 1 aliphatic heterocycles. The Bertz CT molecular complexity index is 475. The number of amides is 2. The second-order valence-corrected chi connectivity index (χ2v) is 5.40. The molecule has 19 heavy (non-hydrogen) atoms. The molecule has 1 aliphatic rings. The van der Waals surface area contributed by atoms with Crippen molar-refractivity contribution in [3.63, 3.8) is 0 Å². The van der Waals surface area contributed by atoms with Gasteiger partial charge in [-0.15, -0.1) is 11.3 Å². The van der Waals surface area contributed by atoms with E-state index in [1.54, 1.807) is 23.3 Å². The first-order chi connectivity index (χ1) is 9.08. The van der Waals surface area contributed by atoms with Crippen LogP contribution in [-0.2, 0) is 16.0 Å². The van der Waals surface area contributed by atoms with Gasteiger partial charge in [-0.05, 0) is 6.92 Å². The van der Waals surface area contributed by atoms with Crippen LogP contribution in [0.4, 0.5) is 4.79 Å². The van der Waals surface area contributed by atoms with Crippen LogP contribution in [0.15, 0.2) is 5.51 Å². The Balaban J connectivity index is 1.79. The van der Waals surface area contributed by atoms with Gasteiger partial charge in [0, 0.05) is 24.9 Å². The van der Waals surface area contributed by atoms with Crippen LogP contribution in [-0.4, -0.2) is 60.1 Å². The van der Waals surface area contributed by atoms with Crippen molar-refractivity contribution in [3.05, 3.63) is 16.1 Å². The van der Waals surface area contributed by atoms with E-state index in [2.05, 4.69) is 4.98 Å². The molecule has 0 aliphatic carbocycles. The zero-order valence-corrected chi connectivity index (χ0v) is 11.9. The van der Waals surface area contributed by atoms with Crippen LogP contribution < -0.4 is 0 Å². The van der Waals surface area contributed by atoms with Crippen LogP contribution in [0.1, 0.15) is 10.6 Å². The third-order valence-corrected chi connectivity index (χ3v) is 4.11. The highest BCUT2D eigenvalue weighted by Crippen LogP contribution is 2.13. The van der Waals surface area contributed by atoms with E-state index in [1.807, 2.05) is 12.4 Å². The van der Waals surface area contributed by atoms with Gasteiger partial charge in [0.15, 0.2) is 0 Å². The van der Waals surface area contributed by atoms with Gasteiger partial charge in [0.05, 0.1) is 17.7 Å². The Morgan fingerprint density at radius 3 is 3.00 bits per heavy atom. The molecule has 0 atom stereocenters. The maximum atomic E-state index is 12.0. The highest BCUT2D eigenvalue weighted by molar-refractivity contribution is 7.09. The van der Waals surface area contributed by atoms with E-state index in [1.165, 1.54) is 9.78 Å². The molecule has 0 bridgehead atoms. The van der Waals surface area contributed by atoms with Crippen molar-refractivity contribution in [2.45, 2.75) is 13.3 Å². The molecule has 0 aromatic carbocycles. The van der Waals surface area contributed by atoms with Crippen molar-refractivity contribution in [3.8, 4) is 0 Å². The highest BCUT2D eigenvalue weighted by Gasteiger charge is 2.25. The maximum Gasteiger partial charge on any atom is 0.410 e. The Morgan fingerprint density at radius 2 is 2.42 bits per heavy atom. The molecule has 0 saturated carbocycles. The third-order valence-electron chi connectivity index (χ3n) is 3.12. The lowest BCUT2D eigenvalue weighted by Gasteiger charge is -2.20. The smallest absolute Gasteiger partial charge is 0.410 e. The molecule has 0 radical (unpaired) electrons. The number of hydrogen-bond acceptors (Lipinski definition) is 5. The van der Waals surface area contributed by atoms with E-state index in [9.17, 15) is 9.59 Å². The maximum absolute atomic E-state index is 12.0. The number of nitrogens with zero attached hydrogens (tertiary/aromatic N) is 3. The predicted molar refractivity (Wildman–Crippen MR) is 71.1 cm³/mol. The molecular formula is C12H17N3O3S. The number of likely N-dealkylation sites (N-methyl/N-ethyl adjacent to an activating group) is 1. The van der Waals surface area contributed by atoms with Crippen LogP contribution >= 0.6 is 11.3 Å². The summed E-state index contributed by atoms with van der Waals surface area (Å²) in [6.07, 6.45) is 0.392. The number of carbonyl (C=O) groups is 2. The van der Waals surface area contributed by atoms with E-state index in [4.69, 9.17) is 4.74 Å². The lowest BCUT2D eigenvalue weighted by Crippen LogP contribution is -2.39. The number of carbonyl (C=O) groups excluding carboxylic acids is 2. The van der Waals surface area contributed by atoms with Crippen molar-refractivity contribution in [2.24, 2.45) is 0 Å². The summed E-state index contributed by atoms with van der Waals surface area (Å²) in [7, 11) is 1.75. The second-order valence-electron chi connectivity index (χ2n) is 4.46. The van der Waals surface area contributed by atoms with Crippen molar-refractivity contribution < 1.29 is 14.3 Å². The summed E-state index contributed by atoms with van der Waals surface area (Å²) in [4.78, 5) is 31.6. The van der Waals surface area contributed by atoms with Gasteiger partial charge in [-0.1, -0.05) is 0 Å². The zero-order valence-electron chi connectivity index (χ0n) is 11.1. The molecule has 2 heterocycles. The van der Waals surface area contributed by atoms with Crippen LogP contribution in [0.3, 0.4) is 0 Å². The minimum Gasteiger partial charge on any atom is -0.448 e. The minimum absolute atomic E-state index is 0.0685. The molecular weight excluding hydrogens is 266 g/mol. The summed E-state index contributed by atoms with van der Waals surface area (Å²) in [6.45, 7) is 3.55. The van der Waals surface area contributed by atoms with Gasteiger partial charge in [0.1, 0.15) is 13.2 Å². The Morgan fingerprint density at radius 1 is 1.63 bits per heavy atom. The van der Waals surface area contributed by atoms with E-state index < -0.39 is 6.09 Å². The summed E-state index contributed by atoms with van der Waals surface area (Å²) < 4.78 is 4.79. The molecule has 7 heteroatoms. The number of cyclic esters (lactones) is 1. The van der Waals surface area contributed by atoms with Crippen LogP contribution in [0.2, 0.25) is 0 Å². The van der Waals surface area contributed by atoms with Crippen LogP contribution in [0.25, 0.3) is 0 Å². The number of aromatic nitrogens is 1. The quantitative estimate of drug-likeness (QED) is 0.805. The molecule has 1 aromatic heterocycles. The second kappa shape index (κ2) is 6.01. The average Bonchev–Trinajstić information content (AvgIpc) is 2.96. The Hall–Kier alpha value is -1.63. The Kier molecular flexibility index (Phi) is 4.36.